The lowest BCUT2D eigenvalue weighted by Crippen LogP contribution is -2.02. The molecule has 0 atom stereocenters. The molecule has 0 aliphatic heterocycles. The van der Waals surface area contributed by atoms with Crippen LogP contribution in [0.15, 0.2) is 18.5 Å². The monoisotopic (exact) mass is 168 g/mol. The van der Waals surface area contributed by atoms with Crippen LogP contribution in [0.25, 0.3) is 0 Å². The number of nitrogens with zero attached hydrogens (tertiary/aromatic N) is 1. The molecule has 0 aliphatic rings. The molecule has 0 saturated heterocycles. The van der Waals surface area contributed by atoms with Gasteiger partial charge in [0.1, 0.15) is 12.4 Å². The van der Waals surface area contributed by atoms with E-state index < -0.39 is 0 Å². The fourth-order valence-corrected chi connectivity index (χ4v) is 0.798. The molecular formula is C8H12N2O2. The van der Waals surface area contributed by atoms with E-state index >= 15 is 0 Å². The number of hydrogen-bond acceptors (Lipinski definition) is 4. The standard InChI is InChI=1S/C8H12N2O2/c1-9-7-4-8(6-10-5-7)12-3-2-11/h4-6,9,11H,2-3H2,1H3. The van der Waals surface area contributed by atoms with Crippen molar-refractivity contribution in [2.24, 2.45) is 0 Å². The molecule has 4 heteroatoms. The molecule has 0 radical (unpaired) electrons. The van der Waals surface area contributed by atoms with Gasteiger partial charge in [-0.3, -0.25) is 4.98 Å². The first-order valence-corrected chi connectivity index (χ1v) is 3.73. The van der Waals surface area contributed by atoms with Crippen molar-refractivity contribution in [3.05, 3.63) is 18.5 Å². The largest absolute Gasteiger partial charge is 0.490 e. The number of pyridine rings is 1. The van der Waals surface area contributed by atoms with Crippen molar-refractivity contribution in [3.8, 4) is 5.75 Å². The lowest BCUT2D eigenvalue weighted by molar-refractivity contribution is 0.201. The van der Waals surface area contributed by atoms with Crippen molar-refractivity contribution in [2.45, 2.75) is 0 Å². The van der Waals surface area contributed by atoms with Crippen LogP contribution in [0.4, 0.5) is 5.69 Å². The summed E-state index contributed by atoms with van der Waals surface area (Å²) in [4.78, 5) is 3.94. The molecule has 2 N–H and O–H groups in total. The number of aliphatic hydroxyl groups is 1. The van der Waals surface area contributed by atoms with E-state index in [9.17, 15) is 0 Å². The molecule has 0 bridgehead atoms. The molecule has 1 aromatic rings. The summed E-state index contributed by atoms with van der Waals surface area (Å²) in [6.07, 6.45) is 3.31. The molecule has 4 nitrogen and oxygen atoms in total. The van der Waals surface area contributed by atoms with E-state index in [1.165, 1.54) is 0 Å². The minimum atomic E-state index is 0.0176. The van der Waals surface area contributed by atoms with Crippen LogP contribution in [0.5, 0.6) is 5.75 Å². The molecule has 0 fully saturated rings. The van der Waals surface area contributed by atoms with Gasteiger partial charge >= 0.3 is 0 Å². The van der Waals surface area contributed by atoms with E-state index in [1.54, 1.807) is 12.4 Å². The quantitative estimate of drug-likeness (QED) is 0.687. The second-order valence-corrected chi connectivity index (χ2v) is 2.23. The van der Waals surface area contributed by atoms with Gasteiger partial charge in [-0.1, -0.05) is 0 Å². The van der Waals surface area contributed by atoms with Crippen LogP contribution in [0.1, 0.15) is 0 Å². The van der Waals surface area contributed by atoms with Gasteiger partial charge in [0, 0.05) is 13.1 Å². The Bertz CT molecular complexity index is 240. The highest BCUT2D eigenvalue weighted by Gasteiger charge is 1.94. The Morgan fingerprint density at radius 1 is 1.58 bits per heavy atom. The molecule has 0 amide bonds. The molecule has 12 heavy (non-hydrogen) atoms. The van der Waals surface area contributed by atoms with E-state index in [1.807, 2.05) is 13.1 Å². The highest BCUT2D eigenvalue weighted by atomic mass is 16.5. The maximum absolute atomic E-state index is 8.49. The summed E-state index contributed by atoms with van der Waals surface area (Å²) in [7, 11) is 1.81. The zero-order chi connectivity index (χ0) is 8.81. The number of aliphatic hydroxyl groups excluding tert-OH is 1. The number of nitrogens with one attached hydrogen (secondary N) is 1. The van der Waals surface area contributed by atoms with Gasteiger partial charge in [0.15, 0.2) is 0 Å². The minimum absolute atomic E-state index is 0.0176. The Kier molecular flexibility index (Phi) is 3.35. The molecule has 0 spiro atoms. The minimum Gasteiger partial charge on any atom is -0.490 e. The van der Waals surface area contributed by atoms with Gasteiger partial charge in [-0.15, -0.1) is 0 Å². The van der Waals surface area contributed by atoms with Crippen LogP contribution in [0.2, 0.25) is 0 Å². The van der Waals surface area contributed by atoms with E-state index in [2.05, 4.69) is 10.3 Å². The fraction of sp³-hybridized carbons (Fsp3) is 0.375. The van der Waals surface area contributed by atoms with Crippen LogP contribution in [0, 0.1) is 0 Å². The Morgan fingerprint density at radius 2 is 2.42 bits per heavy atom. The number of aromatic nitrogens is 1. The summed E-state index contributed by atoms with van der Waals surface area (Å²) in [5.74, 6) is 0.663. The van der Waals surface area contributed by atoms with Crippen LogP contribution in [0.3, 0.4) is 0 Å². The Balaban J connectivity index is 2.60. The summed E-state index contributed by atoms with van der Waals surface area (Å²) in [5, 5.41) is 11.4. The molecule has 1 heterocycles. The van der Waals surface area contributed by atoms with Crippen LogP contribution >= 0.6 is 0 Å². The number of rotatable bonds is 4. The van der Waals surface area contributed by atoms with E-state index in [4.69, 9.17) is 9.84 Å². The smallest absolute Gasteiger partial charge is 0.139 e. The maximum Gasteiger partial charge on any atom is 0.139 e. The van der Waals surface area contributed by atoms with Gasteiger partial charge in [0.25, 0.3) is 0 Å². The predicted octanol–water partition coefficient (Wildman–Crippen LogP) is 0.494. The molecule has 66 valence electrons. The topological polar surface area (TPSA) is 54.4 Å². The summed E-state index contributed by atoms with van der Waals surface area (Å²) in [6, 6.07) is 1.82. The van der Waals surface area contributed by atoms with Gasteiger partial charge < -0.3 is 15.2 Å². The van der Waals surface area contributed by atoms with Crippen molar-refractivity contribution < 1.29 is 9.84 Å². The summed E-state index contributed by atoms with van der Waals surface area (Å²) >= 11 is 0. The van der Waals surface area contributed by atoms with Crippen molar-refractivity contribution in [2.75, 3.05) is 25.6 Å². The first-order valence-electron chi connectivity index (χ1n) is 3.73. The molecule has 1 rings (SSSR count). The number of hydrogen-bond donors (Lipinski definition) is 2. The van der Waals surface area contributed by atoms with Gasteiger partial charge in [-0.2, -0.15) is 0 Å². The zero-order valence-corrected chi connectivity index (χ0v) is 6.95. The highest BCUT2D eigenvalue weighted by molar-refractivity contribution is 5.44. The molecule has 0 aliphatic carbocycles. The lowest BCUT2D eigenvalue weighted by atomic mass is 10.4. The third kappa shape index (κ3) is 2.39. The second kappa shape index (κ2) is 4.56. The van der Waals surface area contributed by atoms with E-state index in [-0.39, 0.29) is 6.61 Å². The third-order valence-electron chi connectivity index (χ3n) is 1.36. The molecule has 0 aromatic carbocycles. The summed E-state index contributed by atoms with van der Waals surface area (Å²) in [5.41, 5.74) is 0.894. The molecular weight excluding hydrogens is 156 g/mol. The summed E-state index contributed by atoms with van der Waals surface area (Å²) < 4.78 is 5.15. The predicted molar refractivity (Wildman–Crippen MR) is 46.4 cm³/mol. The van der Waals surface area contributed by atoms with Crippen LogP contribution < -0.4 is 10.1 Å². The number of anilines is 1. The van der Waals surface area contributed by atoms with Crippen molar-refractivity contribution in [1.82, 2.24) is 4.98 Å². The average molecular weight is 168 g/mol. The van der Waals surface area contributed by atoms with Gasteiger partial charge in [-0.25, -0.2) is 0 Å². The average Bonchev–Trinajstić information content (AvgIpc) is 2.15. The Labute approximate surface area is 71.2 Å². The van der Waals surface area contributed by atoms with Gasteiger partial charge in [0.05, 0.1) is 24.7 Å². The van der Waals surface area contributed by atoms with Crippen LogP contribution in [-0.2, 0) is 0 Å². The lowest BCUT2D eigenvalue weighted by Gasteiger charge is -2.04. The highest BCUT2D eigenvalue weighted by Crippen LogP contribution is 2.13. The molecule has 0 unspecified atom stereocenters. The van der Waals surface area contributed by atoms with Gasteiger partial charge in [-0.05, 0) is 0 Å². The maximum atomic E-state index is 8.49. The van der Waals surface area contributed by atoms with Crippen LogP contribution in [-0.4, -0.2) is 30.4 Å². The SMILES string of the molecule is CNc1cncc(OCCO)c1. The molecule has 0 saturated carbocycles. The third-order valence-corrected chi connectivity index (χ3v) is 1.36. The van der Waals surface area contributed by atoms with Crippen molar-refractivity contribution >= 4 is 5.69 Å². The zero-order valence-electron chi connectivity index (χ0n) is 6.95. The first kappa shape index (κ1) is 8.80. The Hall–Kier alpha value is -1.29. The summed E-state index contributed by atoms with van der Waals surface area (Å²) in [6.45, 7) is 0.318. The first-order chi connectivity index (χ1) is 5.86. The molecule has 1 aromatic heterocycles. The van der Waals surface area contributed by atoms with E-state index in [0.29, 0.717) is 12.4 Å². The van der Waals surface area contributed by atoms with Gasteiger partial charge in [0.2, 0.25) is 0 Å². The normalized spacial score (nSPS) is 9.50. The number of ether oxygens (including phenoxy) is 1. The Morgan fingerprint density at radius 3 is 3.08 bits per heavy atom. The van der Waals surface area contributed by atoms with E-state index in [0.717, 1.165) is 5.69 Å². The second-order valence-electron chi connectivity index (χ2n) is 2.23. The van der Waals surface area contributed by atoms with Crippen molar-refractivity contribution in [3.63, 3.8) is 0 Å². The fourth-order valence-electron chi connectivity index (χ4n) is 0.798. The van der Waals surface area contributed by atoms with Crippen molar-refractivity contribution in [1.29, 1.82) is 0 Å².